The largest absolute Gasteiger partial charge is 0.369 e. The minimum Gasteiger partial charge on any atom is -0.369 e. The van der Waals surface area contributed by atoms with Gasteiger partial charge in [0.15, 0.2) is 0 Å². The highest BCUT2D eigenvalue weighted by molar-refractivity contribution is 7.92. The van der Waals surface area contributed by atoms with E-state index in [-0.39, 0.29) is 0 Å². The molecule has 0 fully saturated rings. The third-order valence-electron chi connectivity index (χ3n) is 4.31. The van der Waals surface area contributed by atoms with Gasteiger partial charge in [-0.15, -0.1) is 4.33 Å². The van der Waals surface area contributed by atoms with Crippen molar-refractivity contribution in [2.24, 2.45) is 5.92 Å². The van der Waals surface area contributed by atoms with Crippen molar-refractivity contribution in [3.8, 4) is 0 Å². The number of hydrogen-bond acceptors (Lipinski definition) is 6. The fourth-order valence-corrected chi connectivity index (χ4v) is 3.91. The van der Waals surface area contributed by atoms with Gasteiger partial charge in [-0.05, 0) is 11.1 Å². The Morgan fingerprint density at radius 3 is 3.14 bits per heavy atom. The molecule has 1 N–H and O–H groups in total. The van der Waals surface area contributed by atoms with Crippen LogP contribution in [-0.4, -0.2) is 29.2 Å². The van der Waals surface area contributed by atoms with Gasteiger partial charge in [0.25, 0.3) is 0 Å². The summed E-state index contributed by atoms with van der Waals surface area (Å²) in [6.07, 6.45) is 6.68. The summed E-state index contributed by atoms with van der Waals surface area (Å²) in [7, 11) is 0. The predicted octanol–water partition coefficient (Wildman–Crippen LogP) is 2.88. The van der Waals surface area contributed by atoms with Crippen LogP contribution in [0, 0.1) is 5.92 Å². The lowest BCUT2D eigenvalue weighted by atomic mass is 9.87. The zero-order valence-electron chi connectivity index (χ0n) is 11.4. The molecule has 6 heteroatoms. The molecule has 1 atom stereocenters. The second-order valence-corrected chi connectivity index (χ2v) is 6.25. The van der Waals surface area contributed by atoms with Crippen LogP contribution in [0.5, 0.6) is 0 Å². The van der Waals surface area contributed by atoms with Crippen LogP contribution in [0.15, 0.2) is 36.4 Å². The van der Waals surface area contributed by atoms with Crippen LogP contribution in [0.1, 0.15) is 11.1 Å². The highest BCUT2D eigenvalue weighted by Crippen LogP contribution is 2.44. The first-order valence-electron chi connectivity index (χ1n) is 7.02. The molecule has 2 heterocycles. The summed E-state index contributed by atoms with van der Waals surface area (Å²) in [6.45, 7) is 3.57. The smallest absolute Gasteiger partial charge is 0.124 e. The van der Waals surface area contributed by atoms with Crippen molar-refractivity contribution in [3.05, 3.63) is 47.6 Å². The van der Waals surface area contributed by atoms with E-state index in [4.69, 9.17) is 5.26 Å². The number of nitrogens with zero attached hydrogens (tertiary/aromatic N) is 2. The molecule has 0 bridgehead atoms. The van der Waals surface area contributed by atoms with Gasteiger partial charge in [-0.25, -0.2) is 9.56 Å². The predicted molar refractivity (Wildman–Crippen MR) is 82.1 cm³/mol. The van der Waals surface area contributed by atoms with E-state index in [1.165, 1.54) is 22.4 Å². The number of para-hydroxylation sites is 1. The first-order chi connectivity index (χ1) is 10.4. The average molecular weight is 304 g/mol. The molecular formula is C15H16N2O3S. The van der Waals surface area contributed by atoms with E-state index in [1.54, 1.807) is 0 Å². The van der Waals surface area contributed by atoms with Crippen molar-refractivity contribution in [1.29, 1.82) is 0 Å². The van der Waals surface area contributed by atoms with Crippen LogP contribution in [-0.2, 0) is 15.9 Å². The Bertz CT molecular complexity index is 617. The van der Waals surface area contributed by atoms with Crippen LogP contribution in [0.2, 0.25) is 0 Å². The van der Waals surface area contributed by atoms with Crippen LogP contribution in [0.4, 0.5) is 5.69 Å². The Morgan fingerprint density at radius 2 is 2.24 bits per heavy atom. The molecule has 1 aromatic rings. The molecular weight excluding hydrogens is 288 g/mol. The lowest BCUT2D eigenvalue weighted by Crippen LogP contribution is -2.36. The first-order valence-corrected chi connectivity index (χ1v) is 7.72. The summed E-state index contributed by atoms with van der Waals surface area (Å²) < 4.78 is 6.64. The number of hydrogen-bond donors (Lipinski definition) is 1. The minimum absolute atomic E-state index is 0.504. The molecule has 1 aliphatic carbocycles. The van der Waals surface area contributed by atoms with Crippen molar-refractivity contribution in [1.82, 2.24) is 4.31 Å². The molecule has 0 spiro atoms. The van der Waals surface area contributed by atoms with Gasteiger partial charge in [0.05, 0.1) is 0 Å². The number of allylic oxidation sites excluding steroid dienone is 2. The third-order valence-corrected chi connectivity index (χ3v) is 4.96. The van der Waals surface area contributed by atoms with Gasteiger partial charge in [-0.2, -0.15) is 0 Å². The standard InChI is InChI=1S/C15H16N2O3S/c18-19-20-21-17-8-7-16-9-11-3-1-5-13(11)14-6-2-4-12(10-17)15(14)16/h1-6,11,18H,7-10H2/t11-/m0/s1. The van der Waals surface area contributed by atoms with Crippen LogP contribution in [0.25, 0.3) is 5.57 Å². The van der Waals surface area contributed by atoms with Gasteiger partial charge in [0, 0.05) is 43.3 Å². The Morgan fingerprint density at radius 1 is 1.29 bits per heavy atom. The molecule has 0 saturated heterocycles. The summed E-state index contributed by atoms with van der Waals surface area (Å²) in [5.74, 6) is 0.504. The van der Waals surface area contributed by atoms with Crippen LogP contribution < -0.4 is 4.90 Å². The van der Waals surface area contributed by atoms with Crippen molar-refractivity contribution in [3.63, 3.8) is 0 Å². The summed E-state index contributed by atoms with van der Waals surface area (Å²) in [5.41, 5.74) is 5.40. The molecule has 0 radical (unpaired) electrons. The summed E-state index contributed by atoms with van der Waals surface area (Å²) >= 11 is 1.04. The summed E-state index contributed by atoms with van der Waals surface area (Å²) in [6, 6.07) is 6.49. The maximum absolute atomic E-state index is 8.33. The van der Waals surface area contributed by atoms with E-state index in [1.807, 2.05) is 4.31 Å². The molecule has 2 aliphatic heterocycles. The van der Waals surface area contributed by atoms with Gasteiger partial charge in [-0.1, -0.05) is 41.5 Å². The lowest BCUT2D eigenvalue weighted by molar-refractivity contribution is -0.433. The molecule has 5 nitrogen and oxygen atoms in total. The maximum atomic E-state index is 8.33. The van der Waals surface area contributed by atoms with Gasteiger partial charge in [0.1, 0.15) is 12.2 Å². The molecule has 21 heavy (non-hydrogen) atoms. The average Bonchev–Trinajstić information content (AvgIpc) is 2.90. The lowest BCUT2D eigenvalue weighted by Gasteiger charge is -2.36. The van der Waals surface area contributed by atoms with Crippen LogP contribution in [0.3, 0.4) is 0 Å². The van der Waals surface area contributed by atoms with E-state index in [9.17, 15) is 0 Å². The van der Waals surface area contributed by atoms with E-state index < -0.39 is 0 Å². The third kappa shape index (κ3) is 2.29. The zero-order valence-corrected chi connectivity index (χ0v) is 12.3. The fraction of sp³-hybridized carbons (Fsp3) is 0.333. The van der Waals surface area contributed by atoms with E-state index in [2.05, 4.69) is 50.7 Å². The Balaban J connectivity index is 1.71. The molecule has 0 saturated carbocycles. The first kappa shape index (κ1) is 13.4. The summed E-state index contributed by atoms with van der Waals surface area (Å²) in [5, 5.41) is 12.0. The van der Waals surface area contributed by atoms with E-state index >= 15 is 0 Å². The molecule has 3 aliphatic rings. The van der Waals surface area contributed by atoms with Gasteiger partial charge < -0.3 is 4.90 Å². The second kappa shape index (κ2) is 5.47. The molecule has 0 unspecified atom stereocenters. The molecule has 0 amide bonds. The SMILES string of the molecule is OOOSN1CCN2C[C@@H]3C=CC=C3c3cccc(c32)C1. The number of benzene rings is 1. The zero-order chi connectivity index (χ0) is 14.2. The molecule has 0 aromatic heterocycles. The van der Waals surface area contributed by atoms with Crippen molar-refractivity contribution >= 4 is 23.5 Å². The number of anilines is 1. The summed E-state index contributed by atoms with van der Waals surface area (Å²) in [4.78, 5) is 2.46. The molecule has 1 aromatic carbocycles. The monoisotopic (exact) mass is 304 g/mol. The molecule has 110 valence electrons. The fourth-order valence-electron chi connectivity index (χ4n) is 3.45. The van der Waals surface area contributed by atoms with E-state index in [0.29, 0.717) is 5.92 Å². The number of rotatable bonds is 3. The Labute approximate surface area is 127 Å². The van der Waals surface area contributed by atoms with Crippen molar-refractivity contribution < 1.29 is 14.6 Å². The Kier molecular flexibility index (Phi) is 3.48. The second-order valence-electron chi connectivity index (χ2n) is 5.45. The highest BCUT2D eigenvalue weighted by atomic mass is 32.2. The van der Waals surface area contributed by atoms with Crippen molar-refractivity contribution in [2.75, 3.05) is 24.5 Å². The van der Waals surface area contributed by atoms with Gasteiger partial charge >= 0.3 is 0 Å². The quantitative estimate of drug-likeness (QED) is 0.401. The maximum Gasteiger partial charge on any atom is 0.124 e. The van der Waals surface area contributed by atoms with E-state index in [0.717, 1.165) is 38.4 Å². The number of fused-ring (bicyclic) bond motifs is 2. The van der Waals surface area contributed by atoms with Crippen LogP contribution >= 0.6 is 12.2 Å². The normalized spacial score (nSPS) is 23.6. The minimum atomic E-state index is 0.504. The van der Waals surface area contributed by atoms with Gasteiger partial charge in [0.2, 0.25) is 0 Å². The van der Waals surface area contributed by atoms with Gasteiger partial charge in [-0.3, -0.25) is 0 Å². The highest BCUT2D eigenvalue weighted by Gasteiger charge is 2.32. The Hall–Kier alpha value is -1.31. The van der Waals surface area contributed by atoms with Crippen molar-refractivity contribution in [2.45, 2.75) is 6.54 Å². The molecule has 4 rings (SSSR count). The topological polar surface area (TPSA) is 45.2 Å².